The lowest BCUT2D eigenvalue weighted by Gasteiger charge is -2.10. The van der Waals surface area contributed by atoms with E-state index < -0.39 is 0 Å². The number of imidazole rings is 1. The van der Waals surface area contributed by atoms with E-state index in [2.05, 4.69) is 4.98 Å². The van der Waals surface area contributed by atoms with E-state index in [9.17, 15) is 4.39 Å². The first-order chi connectivity index (χ1) is 8.06. The summed E-state index contributed by atoms with van der Waals surface area (Å²) in [4.78, 5) is 4.18. The highest BCUT2D eigenvalue weighted by Crippen LogP contribution is 2.22. The Bertz CT molecular complexity index is 524. The van der Waals surface area contributed by atoms with Crippen molar-refractivity contribution in [2.75, 3.05) is 0 Å². The number of halogens is 2. The molecule has 0 aliphatic heterocycles. The van der Waals surface area contributed by atoms with Crippen LogP contribution in [0, 0.1) is 5.82 Å². The number of hydrogen-bond acceptors (Lipinski definition) is 2. The number of nitrogens with zero attached hydrogens (tertiary/aromatic N) is 2. The summed E-state index contributed by atoms with van der Waals surface area (Å²) in [6.07, 6.45) is 4.10. The Morgan fingerprint density at radius 3 is 2.88 bits per heavy atom. The van der Waals surface area contributed by atoms with Gasteiger partial charge in [0.2, 0.25) is 0 Å². The Balaban J connectivity index is 2.15. The molecule has 0 fully saturated rings. The van der Waals surface area contributed by atoms with Crippen LogP contribution in [-0.4, -0.2) is 9.55 Å². The van der Waals surface area contributed by atoms with Crippen molar-refractivity contribution in [3.05, 3.63) is 52.8 Å². The van der Waals surface area contributed by atoms with Crippen LogP contribution in [0.25, 0.3) is 0 Å². The van der Waals surface area contributed by atoms with Gasteiger partial charge in [0.1, 0.15) is 5.82 Å². The van der Waals surface area contributed by atoms with Crippen LogP contribution in [-0.2, 0) is 13.5 Å². The molecule has 0 amide bonds. The first-order valence-corrected chi connectivity index (χ1v) is 5.61. The topological polar surface area (TPSA) is 43.8 Å². The average molecular weight is 254 g/mol. The molecule has 17 heavy (non-hydrogen) atoms. The maximum Gasteiger partial charge on any atom is 0.124 e. The number of benzene rings is 1. The number of aromatic nitrogens is 2. The first-order valence-electron chi connectivity index (χ1n) is 5.23. The Morgan fingerprint density at radius 2 is 2.29 bits per heavy atom. The van der Waals surface area contributed by atoms with Gasteiger partial charge in [0.05, 0.1) is 18.1 Å². The Labute approximate surface area is 104 Å². The van der Waals surface area contributed by atoms with Crippen LogP contribution in [0.15, 0.2) is 30.7 Å². The average Bonchev–Trinajstić information content (AvgIpc) is 2.69. The van der Waals surface area contributed by atoms with Crippen LogP contribution in [0.2, 0.25) is 5.02 Å². The predicted octanol–water partition coefficient (Wildman–Crippen LogP) is 2.46. The quantitative estimate of drug-likeness (QED) is 0.913. The first kappa shape index (κ1) is 12.1. The molecule has 2 rings (SSSR count). The zero-order valence-electron chi connectivity index (χ0n) is 9.40. The zero-order valence-corrected chi connectivity index (χ0v) is 10.2. The van der Waals surface area contributed by atoms with Gasteiger partial charge in [-0.25, -0.2) is 9.37 Å². The van der Waals surface area contributed by atoms with Crippen LogP contribution in [0.3, 0.4) is 0 Å². The largest absolute Gasteiger partial charge is 0.340 e. The van der Waals surface area contributed by atoms with Crippen molar-refractivity contribution in [3.63, 3.8) is 0 Å². The highest BCUT2D eigenvalue weighted by molar-refractivity contribution is 6.31. The monoisotopic (exact) mass is 253 g/mol. The van der Waals surface area contributed by atoms with Crippen molar-refractivity contribution in [1.82, 2.24) is 9.55 Å². The third kappa shape index (κ3) is 2.84. The standard InChI is InChI=1S/C12H13ClFN3/c1-17-6-12(16-7-17)11(15)4-8-2-3-9(14)5-10(8)13/h2-3,5-7,11H,4,15H2,1H3. The number of nitrogens with two attached hydrogens (primary N) is 1. The predicted molar refractivity (Wildman–Crippen MR) is 65.3 cm³/mol. The summed E-state index contributed by atoms with van der Waals surface area (Å²) in [7, 11) is 1.88. The van der Waals surface area contributed by atoms with Gasteiger partial charge in [-0.3, -0.25) is 0 Å². The second-order valence-corrected chi connectivity index (χ2v) is 4.42. The highest BCUT2D eigenvalue weighted by atomic mass is 35.5. The summed E-state index contributed by atoms with van der Waals surface area (Å²) in [5, 5.41) is 0.399. The summed E-state index contributed by atoms with van der Waals surface area (Å²) in [5.41, 5.74) is 7.64. The molecule has 5 heteroatoms. The van der Waals surface area contributed by atoms with Gasteiger partial charge in [-0.1, -0.05) is 17.7 Å². The fourth-order valence-corrected chi connectivity index (χ4v) is 1.90. The van der Waals surface area contributed by atoms with E-state index >= 15 is 0 Å². The van der Waals surface area contributed by atoms with Crippen molar-refractivity contribution in [3.8, 4) is 0 Å². The van der Waals surface area contributed by atoms with Gasteiger partial charge < -0.3 is 10.3 Å². The summed E-state index contributed by atoms with van der Waals surface area (Å²) < 4.78 is 14.7. The molecule has 90 valence electrons. The van der Waals surface area contributed by atoms with E-state index in [1.165, 1.54) is 12.1 Å². The van der Waals surface area contributed by atoms with E-state index in [0.29, 0.717) is 11.4 Å². The van der Waals surface area contributed by atoms with Gasteiger partial charge >= 0.3 is 0 Å². The molecule has 1 aromatic carbocycles. The number of hydrogen-bond donors (Lipinski definition) is 1. The lowest BCUT2D eigenvalue weighted by Crippen LogP contribution is -2.14. The van der Waals surface area contributed by atoms with E-state index in [0.717, 1.165) is 11.3 Å². The van der Waals surface area contributed by atoms with Crippen molar-refractivity contribution < 1.29 is 4.39 Å². The zero-order chi connectivity index (χ0) is 12.4. The summed E-state index contributed by atoms with van der Waals surface area (Å²) in [6.45, 7) is 0. The van der Waals surface area contributed by atoms with Crippen molar-refractivity contribution in [2.45, 2.75) is 12.5 Å². The number of aryl methyl sites for hydroxylation is 1. The normalized spacial score (nSPS) is 12.7. The van der Waals surface area contributed by atoms with E-state index in [-0.39, 0.29) is 11.9 Å². The summed E-state index contributed by atoms with van der Waals surface area (Å²) in [6, 6.07) is 4.09. The molecule has 3 nitrogen and oxygen atoms in total. The van der Waals surface area contributed by atoms with Gasteiger partial charge in [-0.15, -0.1) is 0 Å². The van der Waals surface area contributed by atoms with E-state index in [1.54, 1.807) is 12.4 Å². The Hall–Kier alpha value is -1.39. The minimum atomic E-state index is -0.342. The third-order valence-electron chi connectivity index (χ3n) is 2.56. The van der Waals surface area contributed by atoms with Gasteiger partial charge in [-0.05, 0) is 24.1 Å². The third-order valence-corrected chi connectivity index (χ3v) is 2.91. The van der Waals surface area contributed by atoms with Crippen LogP contribution in [0.4, 0.5) is 4.39 Å². The van der Waals surface area contributed by atoms with Crippen LogP contribution >= 0.6 is 11.6 Å². The molecule has 1 aromatic heterocycles. The van der Waals surface area contributed by atoms with Gasteiger partial charge in [-0.2, -0.15) is 0 Å². The molecule has 2 N–H and O–H groups in total. The smallest absolute Gasteiger partial charge is 0.124 e. The molecule has 1 atom stereocenters. The molecule has 0 bridgehead atoms. The second kappa shape index (κ2) is 4.85. The minimum absolute atomic E-state index is 0.237. The molecule has 0 saturated carbocycles. The SMILES string of the molecule is Cn1cnc(C(N)Cc2ccc(F)cc2Cl)c1. The molecule has 2 aromatic rings. The minimum Gasteiger partial charge on any atom is -0.340 e. The van der Waals surface area contributed by atoms with Crippen molar-refractivity contribution in [1.29, 1.82) is 0 Å². The van der Waals surface area contributed by atoms with Gasteiger partial charge in [0, 0.05) is 18.3 Å². The van der Waals surface area contributed by atoms with E-state index in [4.69, 9.17) is 17.3 Å². The lowest BCUT2D eigenvalue weighted by molar-refractivity contribution is 0.625. The van der Waals surface area contributed by atoms with Crippen LogP contribution < -0.4 is 5.73 Å². The molecule has 0 aliphatic rings. The van der Waals surface area contributed by atoms with Gasteiger partial charge in [0.25, 0.3) is 0 Å². The maximum absolute atomic E-state index is 12.9. The van der Waals surface area contributed by atoms with E-state index in [1.807, 2.05) is 17.8 Å². The highest BCUT2D eigenvalue weighted by Gasteiger charge is 2.12. The van der Waals surface area contributed by atoms with Crippen LogP contribution in [0.5, 0.6) is 0 Å². The molecule has 0 aliphatic carbocycles. The lowest BCUT2D eigenvalue weighted by atomic mass is 10.0. The number of rotatable bonds is 3. The molecule has 0 saturated heterocycles. The summed E-state index contributed by atoms with van der Waals surface area (Å²) in [5.74, 6) is -0.342. The molecule has 1 unspecified atom stereocenters. The summed E-state index contributed by atoms with van der Waals surface area (Å²) >= 11 is 5.95. The van der Waals surface area contributed by atoms with Crippen LogP contribution in [0.1, 0.15) is 17.3 Å². The molecular formula is C12H13ClFN3. The van der Waals surface area contributed by atoms with Crippen molar-refractivity contribution in [2.24, 2.45) is 12.8 Å². The molecular weight excluding hydrogens is 241 g/mol. The Morgan fingerprint density at radius 1 is 1.53 bits per heavy atom. The molecule has 0 radical (unpaired) electrons. The van der Waals surface area contributed by atoms with Crippen molar-refractivity contribution >= 4 is 11.6 Å². The fraction of sp³-hybridized carbons (Fsp3) is 0.250. The second-order valence-electron chi connectivity index (χ2n) is 4.01. The Kier molecular flexibility index (Phi) is 3.45. The molecule has 0 spiro atoms. The fourth-order valence-electron chi connectivity index (χ4n) is 1.65. The van der Waals surface area contributed by atoms with Gasteiger partial charge in [0.15, 0.2) is 0 Å². The maximum atomic E-state index is 12.9. The molecule has 1 heterocycles.